The molecule has 0 spiro atoms. The van der Waals surface area contributed by atoms with Gasteiger partial charge in [-0.2, -0.15) is 5.26 Å². The summed E-state index contributed by atoms with van der Waals surface area (Å²) in [5.74, 6) is -0.561. The quantitative estimate of drug-likeness (QED) is 0.215. The van der Waals surface area contributed by atoms with Crippen molar-refractivity contribution in [3.8, 4) is 11.8 Å². The lowest BCUT2D eigenvalue weighted by molar-refractivity contribution is -0.131. The van der Waals surface area contributed by atoms with Crippen molar-refractivity contribution in [1.82, 2.24) is 0 Å². The van der Waals surface area contributed by atoms with Gasteiger partial charge < -0.3 is 10.1 Å². The van der Waals surface area contributed by atoms with Crippen LogP contribution in [0.1, 0.15) is 12.5 Å². The van der Waals surface area contributed by atoms with E-state index in [0.29, 0.717) is 21.5 Å². The van der Waals surface area contributed by atoms with E-state index in [-0.39, 0.29) is 5.57 Å². The fraction of sp³-hybridized carbons (Fsp3) is 0.0556. The number of nitrogens with one attached hydrogen (secondary N) is 1. The van der Waals surface area contributed by atoms with Crippen molar-refractivity contribution in [3.63, 3.8) is 0 Å². The molecule has 7 heteroatoms. The van der Waals surface area contributed by atoms with E-state index in [9.17, 15) is 14.9 Å². The van der Waals surface area contributed by atoms with E-state index in [4.69, 9.17) is 4.74 Å². The first-order valence-electron chi connectivity index (χ1n) is 7.05. The molecule has 25 heavy (non-hydrogen) atoms. The molecule has 0 heterocycles. The third kappa shape index (κ3) is 5.69. The van der Waals surface area contributed by atoms with Crippen LogP contribution in [0.2, 0.25) is 0 Å². The molecule has 0 saturated heterocycles. The fourth-order valence-corrected chi connectivity index (χ4v) is 2.73. The molecule has 2 rings (SSSR count). The van der Waals surface area contributed by atoms with E-state index in [1.54, 1.807) is 30.3 Å². The largest absolute Gasteiger partial charge is 0.426 e. The van der Waals surface area contributed by atoms with Gasteiger partial charge in [-0.1, -0.05) is 6.07 Å². The molecule has 0 aliphatic rings. The highest BCUT2D eigenvalue weighted by molar-refractivity contribution is 14.1. The molecular formula is C18H12BrIN2O3. The summed E-state index contributed by atoms with van der Waals surface area (Å²) in [4.78, 5) is 23.3. The zero-order valence-electron chi connectivity index (χ0n) is 13.0. The maximum absolute atomic E-state index is 12.2. The van der Waals surface area contributed by atoms with E-state index in [2.05, 4.69) is 43.8 Å². The first-order chi connectivity index (χ1) is 11.9. The van der Waals surface area contributed by atoms with Crippen LogP contribution >= 0.6 is 38.5 Å². The number of benzene rings is 2. The van der Waals surface area contributed by atoms with Gasteiger partial charge in [0.05, 0.1) is 4.47 Å². The van der Waals surface area contributed by atoms with Crippen molar-refractivity contribution < 1.29 is 14.3 Å². The maximum Gasteiger partial charge on any atom is 0.308 e. The third-order valence-electron chi connectivity index (χ3n) is 2.99. The lowest BCUT2D eigenvalue weighted by Gasteiger charge is -2.06. The first-order valence-corrected chi connectivity index (χ1v) is 8.93. The number of nitrogens with zero attached hydrogens (tertiary/aromatic N) is 1. The molecule has 0 aromatic heterocycles. The van der Waals surface area contributed by atoms with Gasteiger partial charge in [-0.25, -0.2) is 0 Å². The van der Waals surface area contributed by atoms with Gasteiger partial charge in [0.15, 0.2) is 0 Å². The number of amides is 1. The highest BCUT2D eigenvalue weighted by atomic mass is 127. The van der Waals surface area contributed by atoms with Crippen LogP contribution in [0.3, 0.4) is 0 Å². The van der Waals surface area contributed by atoms with Crippen LogP contribution in [0.25, 0.3) is 6.08 Å². The van der Waals surface area contributed by atoms with Crippen LogP contribution in [-0.4, -0.2) is 11.9 Å². The summed E-state index contributed by atoms with van der Waals surface area (Å²) in [5.41, 5.74) is 1.20. The van der Waals surface area contributed by atoms with E-state index in [1.165, 1.54) is 13.0 Å². The number of anilines is 1. The Kier molecular flexibility index (Phi) is 6.73. The molecule has 0 fully saturated rings. The minimum absolute atomic E-state index is 0.0364. The van der Waals surface area contributed by atoms with Crippen molar-refractivity contribution in [2.75, 3.05) is 5.32 Å². The maximum atomic E-state index is 12.2. The number of rotatable bonds is 4. The summed E-state index contributed by atoms with van der Waals surface area (Å²) < 4.78 is 6.61. The molecule has 2 aromatic rings. The summed E-state index contributed by atoms with van der Waals surface area (Å²) in [6, 6.07) is 14.0. The zero-order valence-corrected chi connectivity index (χ0v) is 16.8. The van der Waals surface area contributed by atoms with Gasteiger partial charge in [0.1, 0.15) is 17.4 Å². The van der Waals surface area contributed by atoms with Crippen molar-refractivity contribution >= 4 is 62.2 Å². The molecule has 1 amide bonds. The second-order valence-corrected chi connectivity index (χ2v) is 7.01. The SMILES string of the molecule is CC(=O)Oc1ccc(/C=C(/C#N)C(=O)Nc2ccc(I)cc2)cc1Br. The Morgan fingerprint density at radius 2 is 1.92 bits per heavy atom. The average Bonchev–Trinajstić information content (AvgIpc) is 2.56. The number of ether oxygens (including phenoxy) is 1. The monoisotopic (exact) mass is 510 g/mol. The highest BCUT2D eigenvalue weighted by Gasteiger charge is 2.11. The fourth-order valence-electron chi connectivity index (χ4n) is 1.89. The van der Waals surface area contributed by atoms with E-state index >= 15 is 0 Å². The van der Waals surface area contributed by atoms with Gasteiger partial charge in [-0.15, -0.1) is 0 Å². The topological polar surface area (TPSA) is 79.2 Å². The van der Waals surface area contributed by atoms with Crippen LogP contribution in [0, 0.1) is 14.9 Å². The van der Waals surface area contributed by atoms with Crippen LogP contribution < -0.4 is 10.1 Å². The molecule has 126 valence electrons. The number of hydrogen-bond donors (Lipinski definition) is 1. The normalized spacial score (nSPS) is 10.7. The van der Waals surface area contributed by atoms with E-state index in [1.807, 2.05) is 18.2 Å². The van der Waals surface area contributed by atoms with Crippen molar-refractivity contribution in [2.24, 2.45) is 0 Å². The summed E-state index contributed by atoms with van der Waals surface area (Å²) in [7, 11) is 0. The second-order valence-electron chi connectivity index (χ2n) is 4.91. The molecule has 0 aliphatic heterocycles. The van der Waals surface area contributed by atoms with Gasteiger partial charge >= 0.3 is 5.97 Å². The Morgan fingerprint density at radius 1 is 1.24 bits per heavy atom. The first kappa shape index (κ1) is 19.1. The summed E-state index contributed by atoms with van der Waals surface area (Å²) in [6.07, 6.45) is 1.46. The molecule has 0 radical (unpaired) electrons. The number of hydrogen-bond acceptors (Lipinski definition) is 4. The lowest BCUT2D eigenvalue weighted by Crippen LogP contribution is -2.13. The van der Waals surface area contributed by atoms with Crippen molar-refractivity contribution in [1.29, 1.82) is 5.26 Å². The Bertz CT molecular complexity index is 886. The molecule has 0 unspecified atom stereocenters. The van der Waals surface area contributed by atoms with Gasteiger partial charge in [0, 0.05) is 16.2 Å². The Hall–Kier alpha value is -2.18. The summed E-state index contributed by atoms with van der Waals surface area (Å²) >= 11 is 5.46. The molecule has 0 saturated carbocycles. The molecule has 0 atom stereocenters. The molecule has 0 aliphatic carbocycles. The molecule has 1 N–H and O–H groups in total. The number of carbonyl (C=O) groups is 2. The molecular weight excluding hydrogens is 499 g/mol. The van der Waals surface area contributed by atoms with Gasteiger partial charge in [-0.05, 0) is 86.6 Å². The second kappa shape index (κ2) is 8.78. The predicted octanol–water partition coefficient (Wildman–Crippen LogP) is 4.52. The number of halogens is 2. The summed E-state index contributed by atoms with van der Waals surface area (Å²) in [5, 5.41) is 11.9. The highest BCUT2D eigenvalue weighted by Crippen LogP contribution is 2.27. The Balaban J connectivity index is 2.20. The third-order valence-corrected chi connectivity index (χ3v) is 4.33. The molecule has 5 nitrogen and oxygen atoms in total. The van der Waals surface area contributed by atoms with E-state index in [0.717, 1.165) is 3.57 Å². The number of esters is 1. The summed E-state index contributed by atoms with van der Waals surface area (Å²) in [6.45, 7) is 1.31. The Labute approximate surface area is 166 Å². The zero-order chi connectivity index (χ0) is 18.4. The standard InChI is InChI=1S/C18H12BrIN2O3/c1-11(23)25-17-7-2-12(9-16(17)19)8-13(10-21)18(24)22-15-5-3-14(20)4-6-15/h2-9H,1H3,(H,22,24)/b13-8-. The average molecular weight is 511 g/mol. The molecule has 0 bridgehead atoms. The van der Waals surface area contributed by atoms with Crippen LogP contribution in [0.4, 0.5) is 5.69 Å². The minimum atomic E-state index is -0.496. The van der Waals surface area contributed by atoms with Crippen molar-refractivity contribution in [3.05, 3.63) is 61.6 Å². The van der Waals surface area contributed by atoms with Gasteiger partial charge in [-0.3, -0.25) is 9.59 Å². The van der Waals surface area contributed by atoms with E-state index < -0.39 is 11.9 Å². The minimum Gasteiger partial charge on any atom is -0.426 e. The van der Waals surface area contributed by atoms with Gasteiger partial charge in [0.2, 0.25) is 0 Å². The Morgan fingerprint density at radius 3 is 2.48 bits per heavy atom. The smallest absolute Gasteiger partial charge is 0.308 e. The number of carbonyl (C=O) groups excluding carboxylic acids is 2. The van der Waals surface area contributed by atoms with Gasteiger partial charge in [0.25, 0.3) is 5.91 Å². The predicted molar refractivity (Wildman–Crippen MR) is 107 cm³/mol. The van der Waals surface area contributed by atoms with Crippen LogP contribution in [0.5, 0.6) is 5.75 Å². The van der Waals surface area contributed by atoms with Crippen molar-refractivity contribution in [2.45, 2.75) is 6.92 Å². The van der Waals surface area contributed by atoms with Crippen LogP contribution in [0.15, 0.2) is 52.5 Å². The van der Waals surface area contributed by atoms with Crippen LogP contribution in [-0.2, 0) is 9.59 Å². The number of nitriles is 1. The molecule has 2 aromatic carbocycles. The lowest BCUT2D eigenvalue weighted by atomic mass is 10.1.